The fraction of sp³-hybridized carbons (Fsp3) is 0.148. The standard InChI is InChI=1S/C54H43N/c1-53(2)47-26-11-8-22-42(47)45-24-16-25-46(51(45)53)44-23-10-13-28-50(44)55(52-39-20-7-6-19-37(39)29-31-40(52)36-17-4-3-5-18-36)38-30-32-43-41-21-9-12-27-48(41)54(49(43)35-38)33-14-15-34-54/h3-13,16-32,35H,14-15,33-34H2,1-2H3. The van der Waals surface area contributed by atoms with Crippen LogP contribution in [0.1, 0.15) is 61.8 Å². The summed E-state index contributed by atoms with van der Waals surface area (Å²) in [5.74, 6) is 0. The van der Waals surface area contributed by atoms with Crippen LogP contribution in [-0.2, 0) is 10.8 Å². The van der Waals surface area contributed by atoms with Gasteiger partial charge in [-0.3, -0.25) is 0 Å². The molecule has 11 rings (SSSR count). The molecule has 0 aromatic heterocycles. The SMILES string of the molecule is CC1(C)c2ccccc2-c2cccc(-c3ccccc3N(c3ccc4c(c3)C3(CCCC3)c3ccccc3-4)c3c(-c4ccccc4)ccc4ccccc34)c21. The highest BCUT2D eigenvalue weighted by molar-refractivity contribution is 6.08. The summed E-state index contributed by atoms with van der Waals surface area (Å²) in [6.07, 6.45) is 4.94. The lowest BCUT2D eigenvalue weighted by Crippen LogP contribution is -2.21. The van der Waals surface area contributed by atoms with Crippen molar-refractivity contribution in [1.82, 2.24) is 0 Å². The Kier molecular flexibility index (Phi) is 7.14. The lowest BCUT2D eigenvalue weighted by Gasteiger charge is -2.34. The van der Waals surface area contributed by atoms with Gasteiger partial charge in [0.25, 0.3) is 0 Å². The molecular weight excluding hydrogens is 663 g/mol. The zero-order valence-corrected chi connectivity index (χ0v) is 31.5. The maximum Gasteiger partial charge on any atom is 0.0618 e. The van der Waals surface area contributed by atoms with Gasteiger partial charge in [0.05, 0.1) is 11.4 Å². The van der Waals surface area contributed by atoms with Gasteiger partial charge in [0, 0.05) is 33.0 Å². The third-order valence-electron chi connectivity index (χ3n) is 13.2. The fourth-order valence-corrected chi connectivity index (χ4v) is 10.8. The van der Waals surface area contributed by atoms with Crippen LogP contribution in [-0.4, -0.2) is 0 Å². The van der Waals surface area contributed by atoms with Gasteiger partial charge >= 0.3 is 0 Å². The number of para-hydroxylation sites is 1. The fourth-order valence-electron chi connectivity index (χ4n) is 10.8. The first kappa shape index (κ1) is 32.3. The Bertz CT molecular complexity index is 2800. The van der Waals surface area contributed by atoms with Crippen LogP contribution in [0.15, 0.2) is 176 Å². The summed E-state index contributed by atoms with van der Waals surface area (Å²) in [7, 11) is 0. The molecule has 3 aliphatic carbocycles. The lowest BCUT2D eigenvalue weighted by atomic mass is 9.76. The molecule has 1 spiro atoms. The lowest BCUT2D eigenvalue weighted by molar-refractivity contribution is 0.550. The van der Waals surface area contributed by atoms with E-state index in [1.54, 1.807) is 0 Å². The summed E-state index contributed by atoms with van der Waals surface area (Å²) in [4.78, 5) is 2.61. The molecule has 8 aromatic rings. The van der Waals surface area contributed by atoms with Gasteiger partial charge in [-0.1, -0.05) is 184 Å². The number of rotatable bonds is 5. The average Bonchev–Trinajstić information content (AvgIpc) is 3.91. The van der Waals surface area contributed by atoms with Gasteiger partial charge in [-0.2, -0.15) is 0 Å². The van der Waals surface area contributed by atoms with Crippen LogP contribution < -0.4 is 4.90 Å². The molecule has 0 bridgehead atoms. The topological polar surface area (TPSA) is 3.24 Å². The molecule has 0 N–H and O–H groups in total. The quantitative estimate of drug-likeness (QED) is 0.172. The molecule has 3 aliphatic rings. The van der Waals surface area contributed by atoms with Gasteiger partial charge in [0.1, 0.15) is 0 Å². The smallest absolute Gasteiger partial charge is 0.0618 e. The first-order valence-electron chi connectivity index (χ1n) is 20.0. The van der Waals surface area contributed by atoms with E-state index in [1.165, 1.54) is 120 Å². The van der Waals surface area contributed by atoms with Gasteiger partial charge in [-0.15, -0.1) is 0 Å². The Hall–Kier alpha value is -6.18. The average molecular weight is 706 g/mol. The molecule has 0 atom stereocenters. The Balaban J connectivity index is 1.23. The van der Waals surface area contributed by atoms with E-state index in [2.05, 4.69) is 195 Å². The van der Waals surface area contributed by atoms with Crippen LogP contribution in [0.25, 0.3) is 55.3 Å². The molecule has 0 saturated heterocycles. The molecule has 0 unspecified atom stereocenters. The number of benzene rings is 8. The summed E-state index contributed by atoms with van der Waals surface area (Å²) < 4.78 is 0. The van der Waals surface area contributed by atoms with Gasteiger partial charge < -0.3 is 4.90 Å². The minimum atomic E-state index is -0.149. The molecule has 264 valence electrons. The zero-order valence-electron chi connectivity index (χ0n) is 31.5. The summed E-state index contributed by atoms with van der Waals surface area (Å²) in [5, 5.41) is 2.47. The highest BCUT2D eigenvalue weighted by atomic mass is 15.1. The molecule has 1 saturated carbocycles. The van der Waals surface area contributed by atoms with E-state index >= 15 is 0 Å². The highest BCUT2D eigenvalue weighted by Crippen LogP contribution is 2.59. The maximum atomic E-state index is 2.61. The minimum absolute atomic E-state index is 0.0597. The molecule has 1 heteroatoms. The predicted molar refractivity (Wildman–Crippen MR) is 232 cm³/mol. The van der Waals surface area contributed by atoms with Crippen molar-refractivity contribution in [2.45, 2.75) is 50.4 Å². The highest BCUT2D eigenvalue weighted by Gasteiger charge is 2.45. The van der Waals surface area contributed by atoms with E-state index in [-0.39, 0.29) is 10.8 Å². The first-order chi connectivity index (χ1) is 27.0. The zero-order chi connectivity index (χ0) is 36.7. The first-order valence-corrected chi connectivity index (χ1v) is 20.0. The Labute approximate surface area is 324 Å². The Morgan fingerprint density at radius 2 is 1.02 bits per heavy atom. The van der Waals surface area contributed by atoms with E-state index in [4.69, 9.17) is 0 Å². The van der Waals surface area contributed by atoms with Crippen molar-refractivity contribution >= 4 is 27.8 Å². The van der Waals surface area contributed by atoms with Crippen LogP contribution >= 0.6 is 0 Å². The molecule has 0 amide bonds. The molecule has 0 aliphatic heterocycles. The van der Waals surface area contributed by atoms with Crippen molar-refractivity contribution in [3.63, 3.8) is 0 Å². The molecule has 1 nitrogen and oxygen atoms in total. The molecular formula is C54H43N. The third-order valence-corrected chi connectivity index (χ3v) is 13.2. The van der Waals surface area contributed by atoms with Crippen molar-refractivity contribution in [2.75, 3.05) is 4.90 Å². The van der Waals surface area contributed by atoms with Crippen molar-refractivity contribution in [2.24, 2.45) is 0 Å². The van der Waals surface area contributed by atoms with Gasteiger partial charge in [-0.05, 0) is 92.1 Å². The Morgan fingerprint density at radius 3 is 1.82 bits per heavy atom. The van der Waals surface area contributed by atoms with Gasteiger partial charge in [0.15, 0.2) is 0 Å². The van der Waals surface area contributed by atoms with E-state index in [1.807, 2.05) is 0 Å². The van der Waals surface area contributed by atoms with E-state index in [0.29, 0.717) is 0 Å². The summed E-state index contributed by atoms with van der Waals surface area (Å²) in [5.41, 5.74) is 19.8. The number of nitrogens with zero attached hydrogens (tertiary/aromatic N) is 1. The van der Waals surface area contributed by atoms with Crippen molar-refractivity contribution in [3.8, 4) is 44.5 Å². The van der Waals surface area contributed by atoms with E-state index in [9.17, 15) is 0 Å². The second kappa shape index (κ2) is 12.2. The molecule has 0 radical (unpaired) electrons. The van der Waals surface area contributed by atoms with E-state index in [0.717, 1.165) is 0 Å². The van der Waals surface area contributed by atoms with Crippen LogP contribution in [0, 0.1) is 0 Å². The second-order valence-electron chi connectivity index (χ2n) is 16.4. The third kappa shape index (κ3) is 4.66. The molecule has 0 heterocycles. The van der Waals surface area contributed by atoms with Crippen LogP contribution in [0.4, 0.5) is 17.1 Å². The van der Waals surface area contributed by atoms with Crippen molar-refractivity contribution in [3.05, 3.63) is 198 Å². The largest absolute Gasteiger partial charge is 0.309 e. The van der Waals surface area contributed by atoms with Crippen LogP contribution in [0.5, 0.6) is 0 Å². The molecule has 1 fully saturated rings. The maximum absolute atomic E-state index is 2.61. The summed E-state index contributed by atoms with van der Waals surface area (Å²) in [6.45, 7) is 4.80. The monoisotopic (exact) mass is 705 g/mol. The second-order valence-corrected chi connectivity index (χ2v) is 16.4. The van der Waals surface area contributed by atoms with Crippen LogP contribution in [0.2, 0.25) is 0 Å². The van der Waals surface area contributed by atoms with Gasteiger partial charge in [-0.25, -0.2) is 0 Å². The Morgan fingerprint density at radius 1 is 0.436 bits per heavy atom. The summed E-state index contributed by atoms with van der Waals surface area (Å²) in [6, 6.07) is 66.2. The molecule has 55 heavy (non-hydrogen) atoms. The van der Waals surface area contributed by atoms with E-state index < -0.39 is 0 Å². The minimum Gasteiger partial charge on any atom is -0.309 e. The van der Waals surface area contributed by atoms with Gasteiger partial charge in [0.2, 0.25) is 0 Å². The van der Waals surface area contributed by atoms with Crippen LogP contribution in [0.3, 0.4) is 0 Å². The number of anilines is 3. The van der Waals surface area contributed by atoms with Crippen molar-refractivity contribution in [1.29, 1.82) is 0 Å². The molecule has 8 aromatic carbocycles. The van der Waals surface area contributed by atoms with Crippen molar-refractivity contribution < 1.29 is 0 Å². The predicted octanol–water partition coefficient (Wildman–Crippen LogP) is 14.8. The number of hydrogen-bond acceptors (Lipinski definition) is 1. The normalized spacial score (nSPS) is 15.5. The summed E-state index contributed by atoms with van der Waals surface area (Å²) >= 11 is 0. The number of fused-ring (bicyclic) bond motifs is 9. The number of hydrogen-bond donors (Lipinski definition) is 0.